The molecule has 106 valence electrons. The van der Waals surface area contributed by atoms with Crippen LogP contribution >= 0.6 is 0 Å². The van der Waals surface area contributed by atoms with Crippen molar-refractivity contribution in [3.63, 3.8) is 0 Å². The third-order valence-electron chi connectivity index (χ3n) is 4.31. The smallest absolute Gasteiger partial charge is 0.0234 e. The van der Waals surface area contributed by atoms with E-state index in [2.05, 4.69) is 68.2 Å². The molecular weight excluding hydrogens is 232 g/mol. The summed E-state index contributed by atoms with van der Waals surface area (Å²) in [6.07, 6.45) is 1.27. The first-order chi connectivity index (χ1) is 8.95. The van der Waals surface area contributed by atoms with Crippen molar-refractivity contribution in [3.8, 4) is 0 Å². The molecule has 0 radical (unpaired) electrons. The Morgan fingerprint density at radius 2 is 1.95 bits per heavy atom. The van der Waals surface area contributed by atoms with Crippen molar-refractivity contribution in [2.24, 2.45) is 5.41 Å². The summed E-state index contributed by atoms with van der Waals surface area (Å²) in [5, 5.41) is 3.79. The molecule has 2 nitrogen and oxygen atoms in total. The number of likely N-dealkylation sites (tertiary alicyclic amines) is 1. The first-order valence-electron chi connectivity index (χ1n) is 7.47. The van der Waals surface area contributed by atoms with Crippen LogP contribution in [0.2, 0.25) is 0 Å². The number of rotatable bonds is 4. The lowest BCUT2D eigenvalue weighted by Gasteiger charge is -2.31. The molecule has 2 atom stereocenters. The summed E-state index contributed by atoms with van der Waals surface area (Å²) in [7, 11) is 0. The first-order valence-corrected chi connectivity index (χ1v) is 7.47. The largest absolute Gasteiger partial charge is 0.310 e. The predicted molar refractivity (Wildman–Crippen MR) is 82.2 cm³/mol. The first kappa shape index (κ1) is 14.5. The molecule has 1 saturated heterocycles. The third-order valence-corrected chi connectivity index (χ3v) is 4.31. The van der Waals surface area contributed by atoms with Gasteiger partial charge in [0.1, 0.15) is 0 Å². The summed E-state index contributed by atoms with van der Waals surface area (Å²) < 4.78 is 0. The average Bonchev–Trinajstić information content (AvgIpc) is 2.76. The highest BCUT2D eigenvalue weighted by Gasteiger charge is 2.27. The van der Waals surface area contributed by atoms with E-state index in [9.17, 15) is 0 Å². The lowest BCUT2D eigenvalue weighted by Crippen LogP contribution is -2.44. The maximum absolute atomic E-state index is 3.79. The average molecular weight is 260 g/mol. The molecule has 1 aromatic carbocycles. The molecule has 0 amide bonds. The van der Waals surface area contributed by atoms with Gasteiger partial charge in [-0.1, -0.05) is 51.1 Å². The molecule has 19 heavy (non-hydrogen) atoms. The van der Waals surface area contributed by atoms with Gasteiger partial charge in [-0.3, -0.25) is 4.90 Å². The summed E-state index contributed by atoms with van der Waals surface area (Å²) in [6, 6.07) is 12.0. The SMILES string of the molecule is CC(NC1CCN(Cc2ccccc2)C1)C(C)(C)C. The number of benzene rings is 1. The number of nitrogens with zero attached hydrogens (tertiary/aromatic N) is 1. The van der Waals surface area contributed by atoms with Crippen LogP contribution in [0.1, 0.15) is 39.7 Å². The van der Waals surface area contributed by atoms with E-state index in [4.69, 9.17) is 0 Å². The van der Waals surface area contributed by atoms with Crippen LogP contribution < -0.4 is 5.32 Å². The van der Waals surface area contributed by atoms with Gasteiger partial charge in [0, 0.05) is 31.7 Å². The van der Waals surface area contributed by atoms with Gasteiger partial charge in [-0.15, -0.1) is 0 Å². The third kappa shape index (κ3) is 4.32. The fourth-order valence-corrected chi connectivity index (χ4v) is 2.56. The standard InChI is InChI=1S/C17H28N2/c1-14(17(2,3)4)18-16-10-11-19(13-16)12-15-8-6-5-7-9-15/h5-9,14,16,18H,10-13H2,1-4H3. The van der Waals surface area contributed by atoms with E-state index in [1.54, 1.807) is 0 Å². The maximum Gasteiger partial charge on any atom is 0.0234 e. The Morgan fingerprint density at radius 1 is 1.26 bits per heavy atom. The summed E-state index contributed by atoms with van der Waals surface area (Å²) >= 11 is 0. The van der Waals surface area contributed by atoms with Gasteiger partial charge in [0.25, 0.3) is 0 Å². The Kier molecular flexibility index (Phi) is 4.64. The minimum atomic E-state index is 0.340. The number of hydrogen-bond acceptors (Lipinski definition) is 2. The highest BCUT2D eigenvalue weighted by Crippen LogP contribution is 2.21. The molecule has 1 heterocycles. The van der Waals surface area contributed by atoms with Gasteiger partial charge < -0.3 is 5.32 Å². The highest BCUT2D eigenvalue weighted by molar-refractivity contribution is 5.14. The minimum absolute atomic E-state index is 0.340. The zero-order valence-corrected chi connectivity index (χ0v) is 12.8. The zero-order chi connectivity index (χ0) is 13.9. The fraction of sp³-hybridized carbons (Fsp3) is 0.647. The number of hydrogen-bond donors (Lipinski definition) is 1. The van der Waals surface area contributed by atoms with E-state index < -0.39 is 0 Å². The molecule has 2 heteroatoms. The molecule has 0 aromatic heterocycles. The normalized spacial score (nSPS) is 22.6. The molecular formula is C17H28N2. The summed E-state index contributed by atoms with van der Waals surface area (Å²) in [5.74, 6) is 0. The van der Waals surface area contributed by atoms with Crippen LogP contribution in [0.5, 0.6) is 0 Å². The zero-order valence-electron chi connectivity index (χ0n) is 12.8. The predicted octanol–water partition coefficient (Wildman–Crippen LogP) is 3.29. The van der Waals surface area contributed by atoms with Crippen LogP contribution in [0, 0.1) is 5.41 Å². The van der Waals surface area contributed by atoms with E-state index in [0.717, 1.165) is 6.54 Å². The molecule has 1 aliphatic heterocycles. The van der Waals surface area contributed by atoms with Crippen LogP contribution in [0.25, 0.3) is 0 Å². The summed E-state index contributed by atoms with van der Waals surface area (Å²) in [6.45, 7) is 12.7. The van der Waals surface area contributed by atoms with Crippen molar-refractivity contribution >= 4 is 0 Å². The van der Waals surface area contributed by atoms with Gasteiger partial charge in [-0.2, -0.15) is 0 Å². The minimum Gasteiger partial charge on any atom is -0.310 e. The lowest BCUT2D eigenvalue weighted by atomic mass is 9.87. The molecule has 0 bridgehead atoms. The Hall–Kier alpha value is -0.860. The monoisotopic (exact) mass is 260 g/mol. The topological polar surface area (TPSA) is 15.3 Å². The van der Waals surface area contributed by atoms with Crippen molar-refractivity contribution in [1.29, 1.82) is 0 Å². The van der Waals surface area contributed by atoms with E-state index in [0.29, 0.717) is 17.5 Å². The van der Waals surface area contributed by atoms with Crippen LogP contribution in [0.3, 0.4) is 0 Å². The molecule has 2 unspecified atom stereocenters. The van der Waals surface area contributed by atoms with Crippen LogP contribution in [0.15, 0.2) is 30.3 Å². The van der Waals surface area contributed by atoms with E-state index in [1.165, 1.54) is 25.1 Å². The van der Waals surface area contributed by atoms with Crippen molar-refractivity contribution < 1.29 is 0 Å². The molecule has 1 N–H and O–H groups in total. The Labute approximate surface area is 118 Å². The molecule has 1 aromatic rings. The summed E-state index contributed by atoms with van der Waals surface area (Å²) in [5.41, 5.74) is 1.76. The molecule has 0 spiro atoms. The van der Waals surface area contributed by atoms with Crippen molar-refractivity contribution in [2.75, 3.05) is 13.1 Å². The molecule has 0 aliphatic carbocycles. The van der Waals surface area contributed by atoms with Gasteiger partial charge in [-0.05, 0) is 24.3 Å². The van der Waals surface area contributed by atoms with E-state index in [-0.39, 0.29) is 0 Å². The second-order valence-electron chi connectivity index (χ2n) is 6.96. The Balaban J connectivity index is 1.80. The fourth-order valence-electron chi connectivity index (χ4n) is 2.56. The van der Waals surface area contributed by atoms with Crippen molar-refractivity contribution in [2.45, 2.75) is 52.7 Å². The lowest BCUT2D eigenvalue weighted by molar-refractivity contribution is 0.254. The van der Waals surface area contributed by atoms with Gasteiger partial charge in [0.05, 0.1) is 0 Å². The van der Waals surface area contributed by atoms with Crippen LogP contribution in [-0.2, 0) is 6.54 Å². The maximum atomic E-state index is 3.79. The van der Waals surface area contributed by atoms with E-state index in [1.807, 2.05) is 0 Å². The van der Waals surface area contributed by atoms with Crippen molar-refractivity contribution in [1.82, 2.24) is 10.2 Å². The van der Waals surface area contributed by atoms with Crippen LogP contribution in [-0.4, -0.2) is 30.1 Å². The van der Waals surface area contributed by atoms with Crippen LogP contribution in [0.4, 0.5) is 0 Å². The van der Waals surface area contributed by atoms with Gasteiger partial charge in [-0.25, -0.2) is 0 Å². The van der Waals surface area contributed by atoms with Gasteiger partial charge in [0.2, 0.25) is 0 Å². The highest BCUT2D eigenvalue weighted by atomic mass is 15.2. The second-order valence-corrected chi connectivity index (χ2v) is 6.96. The Morgan fingerprint density at radius 3 is 2.58 bits per heavy atom. The van der Waals surface area contributed by atoms with E-state index >= 15 is 0 Å². The second kappa shape index (κ2) is 6.06. The number of nitrogens with one attached hydrogen (secondary N) is 1. The molecule has 2 rings (SSSR count). The van der Waals surface area contributed by atoms with Crippen molar-refractivity contribution in [3.05, 3.63) is 35.9 Å². The quantitative estimate of drug-likeness (QED) is 0.893. The Bertz CT molecular complexity index is 380. The molecule has 1 aliphatic rings. The summed E-state index contributed by atoms with van der Waals surface area (Å²) in [4.78, 5) is 2.56. The molecule has 0 saturated carbocycles. The van der Waals surface area contributed by atoms with Gasteiger partial charge in [0.15, 0.2) is 0 Å². The molecule has 1 fully saturated rings. The van der Waals surface area contributed by atoms with Gasteiger partial charge >= 0.3 is 0 Å².